The highest BCUT2D eigenvalue weighted by molar-refractivity contribution is 7.92. The van der Waals surface area contributed by atoms with Gasteiger partial charge in [-0.05, 0) is 42.5 Å². The molecule has 0 spiro atoms. The van der Waals surface area contributed by atoms with Gasteiger partial charge < -0.3 is 0 Å². The zero-order valence-electron chi connectivity index (χ0n) is 10.0. The first-order valence-corrected chi connectivity index (χ1v) is 7.23. The molecule has 0 amide bonds. The number of hydrogen-bond acceptors (Lipinski definition) is 2. The van der Waals surface area contributed by atoms with Crippen LogP contribution in [0.2, 0.25) is 5.02 Å². The fourth-order valence-corrected chi connectivity index (χ4v) is 2.95. The first-order valence-electron chi connectivity index (χ1n) is 5.41. The molecular formula is C13H11ClFNO2S. The summed E-state index contributed by atoms with van der Waals surface area (Å²) in [6.45, 7) is 0. The van der Waals surface area contributed by atoms with Crippen LogP contribution >= 0.6 is 11.6 Å². The molecule has 0 heterocycles. The van der Waals surface area contributed by atoms with Gasteiger partial charge in [0.2, 0.25) is 0 Å². The molecule has 0 unspecified atom stereocenters. The largest absolute Gasteiger partial charge is 0.269 e. The Bertz CT molecular complexity index is 686. The molecule has 0 bridgehead atoms. The van der Waals surface area contributed by atoms with Crippen molar-refractivity contribution in [1.82, 2.24) is 0 Å². The van der Waals surface area contributed by atoms with Gasteiger partial charge in [0.1, 0.15) is 5.82 Å². The van der Waals surface area contributed by atoms with E-state index in [2.05, 4.69) is 0 Å². The minimum absolute atomic E-state index is 0.0244. The number of benzene rings is 2. The summed E-state index contributed by atoms with van der Waals surface area (Å²) in [7, 11) is -2.30. The molecule has 0 atom stereocenters. The minimum atomic E-state index is -3.72. The molecule has 2 aromatic rings. The fraction of sp³-hybridized carbons (Fsp3) is 0.0769. The Balaban J connectivity index is 2.42. The summed E-state index contributed by atoms with van der Waals surface area (Å²) in [6, 6.07) is 11.2. The topological polar surface area (TPSA) is 37.4 Å². The molecule has 0 aliphatic heterocycles. The van der Waals surface area contributed by atoms with Crippen LogP contribution in [-0.2, 0) is 10.0 Å². The van der Waals surface area contributed by atoms with E-state index in [1.165, 1.54) is 19.2 Å². The van der Waals surface area contributed by atoms with E-state index in [4.69, 9.17) is 11.6 Å². The predicted octanol–water partition coefficient (Wildman–Crippen LogP) is 3.30. The Hall–Kier alpha value is -1.59. The van der Waals surface area contributed by atoms with Gasteiger partial charge in [-0.15, -0.1) is 0 Å². The van der Waals surface area contributed by atoms with E-state index >= 15 is 0 Å². The molecule has 0 aromatic heterocycles. The second-order valence-electron chi connectivity index (χ2n) is 3.91. The number of hydrogen-bond donors (Lipinski definition) is 0. The summed E-state index contributed by atoms with van der Waals surface area (Å²) in [4.78, 5) is 0.0244. The average molecular weight is 300 g/mol. The molecule has 0 saturated heterocycles. The Kier molecular flexibility index (Phi) is 3.78. The molecule has 0 fully saturated rings. The quantitative estimate of drug-likeness (QED) is 0.872. The van der Waals surface area contributed by atoms with Crippen molar-refractivity contribution in [3.63, 3.8) is 0 Å². The van der Waals surface area contributed by atoms with Crippen LogP contribution in [0.3, 0.4) is 0 Å². The third kappa shape index (κ3) is 2.88. The Morgan fingerprint density at radius 3 is 2.32 bits per heavy atom. The van der Waals surface area contributed by atoms with Crippen LogP contribution in [0.5, 0.6) is 0 Å². The van der Waals surface area contributed by atoms with Crippen molar-refractivity contribution in [1.29, 1.82) is 0 Å². The third-order valence-electron chi connectivity index (χ3n) is 2.64. The molecule has 0 N–H and O–H groups in total. The van der Waals surface area contributed by atoms with Crippen molar-refractivity contribution in [2.75, 3.05) is 11.4 Å². The van der Waals surface area contributed by atoms with E-state index in [-0.39, 0.29) is 4.90 Å². The molecule has 6 heteroatoms. The van der Waals surface area contributed by atoms with E-state index in [1.807, 2.05) is 0 Å². The van der Waals surface area contributed by atoms with Crippen LogP contribution in [0, 0.1) is 5.82 Å². The van der Waals surface area contributed by atoms with Gasteiger partial charge in [0, 0.05) is 12.1 Å². The number of rotatable bonds is 3. The highest BCUT2D eigenvalue weighted by atomic mass is 35.5. The summed E-state index contributed by atoms with van der Waals surface area (Å²) >= 11 is 5.83. The van der Waals surface area contributed by atoms with Crippen molar-refractivity contribution >= 4 is 27.3 Å². The molecule has 0 aliphatic rings. The molecule has 2 rings (SSSR count). The minimum Gasteiger partial charge on any atom is -0.269 e. The number of anilines is 1. The highest BCUT2D eigenvalue weighted by Gasteiger charge is 2.21. The third-order valence-corrected chi connectivity index (χ3v) is 4.68. The van der Waals surface area contributed by atoms with Crippen molar-refractivity contribution in [3.05, 3.63) is 59.4 Å². The molecule has 3 nitrogen and oxygen atoms in total. The molecule has 0 radical (unpaired) electrons. The van der Waals surface area contributed by atoms with Crippen molar-refractivity contribution in [2.45, 2.75) is 4.90 Å². The Labute approximate surface area is 116 Å². The van der Waals surface area contributed by atoms with Crippen LogP contribution < -0.4 is 4.31 Å². The van der Waals surface area contributed by atoms with E-state index < -0.39 is 15.8 Å². The zero-order chi connectivity index (χ0) is 14.0. The van der Waals surface area contributed by atoms with Gasteiger partial charge in [0.25, 0.3) is 10.0 Å². The summed E-state index contributed by atoms with van der Waals surface area (Å²) in [5.74, 6) is -0.482. The second kappa shape index (κ2) is 5.19. The van der Waals surface area contributed by atoms with E-state index in [9.17, 15) is 12.8 Å². The fourth-order valence-electron chi connectivity index (χ4n) is 1.58. The van der Waals surface area contributed by atoms with Crippen LogP contribution in [0.25, 0.3) is 0 Å². The number of nitrogens with zero attached hydrogens (tertiary/aromatic N) is 1. The normalized spacial score (nSPS) is 11.3. The molecule has 100 valence electrons. The summed E-state index contributed by atoms with van der Waals surface area (Å²) in [5, 5.41) is 0.443. The first kappa shape index (κ1) is 13.8. The van der Waals surface area contributed by atoms with Gasteiger partial charge in [0.15, 0.2) is 0 Å². The summed E-state index contributed by atoms with van der Waals surface area (Å²) in [5.41, 5.74) is 0.442. The maximum atomic E-state index is 12.8. The van der Waals surface area contributed by atoms with Crippen LogP contribution in [0.1, 0.15) is 0 Å². The SMILES string of the molecule is CN(c1cccc(Cl)c1)S(=O)(=O)c1ccc(F)cc1. The number of halogens is 2. The lowest BCUT2D eigenvalue weighted by molar-refractivity contribution is 0.593. The van der Waals surface area contributed by atoms with Gasteiger partial charge >= 0.3 is 0 Å². The van der Waals surface area contributed by atoms with Crippen LogP contribution in [0.4, 0.5) is 10.1 Å². The van der Waals surface area contributed by atoms with E-state index in [0.717, 1.165) is 16.4 Å². The van der Waals surface area contributed by atoms with E-state index in [0.29, 0.717) is 10.7 Å². The summed E-state index contributed by atoms with van der Waals surface area (Å²) in [6.07, 6.45) is 0. The maximum absolute atomic E-state index is 12.8. The molecule has 2 aromatic carbocycles. The molecular weight excluding hydrogens is 289 g/mol. The smallest absolute Gasteiger partial charge is 0.264 e. The van der Waals surface area contributed by atoms with Gasteiger partial charge in [-0.2, -0.15) is 0 Å². The molecule has 0 aliphatic carbocycles. The Morgan fingerprint density at radius 2 is 1.74 bits per heavy atom. The molecule has 0 saturated carbocycles. The number of sulfonamides is 1. The van der Waals surface area contributed by atoms with Crippen LogP contribution in [0.15, 0.2) is 53.4 Å². The standard InChI is InChI=1S/C13H11ClFNO2S/c1-16(12-4-2-3-10(14)9-12)19(17,18)13-7-5-11(15)6-8-13/h2-9H,1H3. The first-order chi connectivity index (χ1) is 8.91. The zero-order valence-corrected chi connectivity index (χ0v) is 11.6. The van der Waals surface area contributed by atoms with Gasteiger partial charge in [-0.1, -0.05) is 17.7 Å². The van der Waals surface area contributed by atoms with Gasteiger partial charge in [-0.3, -0.25) is 4.31 Å². The van der Waals surface area contributed by atoms with Crippen molar-refractivity contribution in [3.8, 4) is 0 Å². The second-order valence-corrected chi connectivity index (χ2v) is 6.31. The van der Waals surface area contributed by atoms with E-state index in [1.54, 1.807) is 24.3 Å². The van der Waals surface area contributed by atoms with Gasteiger partial charge in [0.05, 0.1) is 10.6 Å². The van der Waals surface area contributed by atoms with Crippen LogP contribution in [-0.4, -0.2) is 15.5 Å². The predicted molar refractivity (Wildman–Crippen MR) is 73.4 cm³/mol. The van der Waals surface area contributed by atoms with Gasteiger partial charge in [-0.25, -0.2) is 12.8 Å². The average Bonchev–Trinajstić information content (AvgIpc) is 2.38. The highest BCUT2D eigenvalue weighted by Crippen LogP contribution is 2.24. The monoisotopic (exact) mass is 299 g/mol. The maximum Gasteiger partial charge on any atom is 0.264 e. The summed E-state index contributed by atoms with van der Waals surface area (Å²) < 4.78 is 38.6. The lowest BCUT2D eigenvalue weighted by atomic mass is 10.3. The van der Waals surface area contributed by atoms with Crippen molar-refractivity contribution in [2.24, 2.45) is 0 Å². The molecule has 19 heavy (non-hydrogen) atoms. The lowest BCUT2D eigenvalue weighted by Gasteiger charge is -2.19. The lowest BCUT2D eigenvalue weighted by Crippen LogP contribution is -2.26. The Morgan fingerprint density at radius 1 is 1.11 bits per heavy atom. The van der Waals surface area contributed by atoms with Crippen molar-refractivity contribution < 1.29 is 12.8 Å².